The second-order valence-electron chi connectivity index (χ2n) is 4.93. The zero-order valence-corrected chi connectivity index (χ0v) is 14.5. The van der Waals surface area contributed by atoms with E-state index in [1.54, 1.807) is 12.1 Å². The van der Waals surface area contributed by atoms with Crippen LogP contribution in [0.5, 0.6) is 17.2 Å². The van der Waals surface area contributed by atoms with Gasteiger partial charge in [0.15, 0.2) is 16.7 Å². The van der Waals surface area contributed by atoms with E-state index in [1.807, 2.05) is 30.3 Å². The molecule has 0 aliphatic carbocycles. The number of fused-ring (bicyclic) bond motifs is 1. The molecule has 7 heteroatoms. The van der Waals surface area contributed by atoms with E-state index in [0.717, 1.165) is 17.2 Å². The summed E-state index contributed by atoms with van der Waals surface area (Å²) in [4.78, 5) is 4.37. The second kappa shape index (κ2) is 8.17. The second-order valence-corrected chi connectivity index (χ2v) is 6.48. The van der Waals surface area contributed by atoms with Crippen LogP contribution < -0.4 is 19.9 Å². The van der Waals surface area contributed by atoms with Gasteiger partial charge in [-0.05, 0) is 36.4 Å². The molecule has 0 amide bonds. The van der Waals surface area contributed by atoms with Gasteiger partial charge in [-0.2, -0.15) is 0 Å². The Bertz CT molecular complexity index is 722. The highest BCUT2D eigenvalue weighted by Crippen LogP contribution is 2.33. The van der Waals surface area contributed by atoms with Crippen LogP contribution in [-0.2, 0) is 0 Å². The topological polar surface area (TPSA) is 66.1 Å². The number of amidine groups is 1. The van der Waals surface area contributed by atoms with Gasteiger partial charge in [0.25, 0.3) is 0 Å². The van der Waals surface area contributed by atoms with Gasteiger partial charge in [0, 0.05) is 16.8 Å². The molecule has 2 N–H and O–H groups in total. The number of aliphatic imine (C=N–C) groups is 1. The third-order valence-electron chi connectivity index (χ3n) is 3.18. The molecule has 0 saturated carbocycles. The summed E-state index contributed by atoms with van der Waals surface area (Å²) in [6, 6.07) is 12.8. The molecule has 2 aromatic rings. The number of rotatable bonds is 5. The quantitative estimate of drug-likeness (QED) is 0.495. The third kappa shape index (κ3) is 4.72. The SMILES string of the molecule is NC(=Nc1ccc2c(c1)OCCO2)SCCOc1ccc(Cl)cc1. The molecule has 126 valence electrons. The van der Waals surface area contributed by atoms with Crippen LogP contribution >= 0.6 is 23.4 Å². The molecule has 0 fully saturated rings. The average Bonchev–Trinajstić information content (AvgIpc) is 2.60. The number of thioether (sulfide) groups is 1. The summed E-state index contributed by atoms with van der Waals surface area (Å²) in [5.41, 5.74) is 6.69. The Kier molecular flexibility index (Phi) is 5.72. The molecule has 0 aromatic heterocycles. The predicted molar refractivity (Wildman–Crippen MR) is 98.1 cm³/mol. The van der Waals surface area contributed by atoms with Gasteiger partial charge in [-0.3, -0.25) is 0 Å². The molecule has 0 atom stereocenters. The summed E-state index contributed by atoms with van der Waals surface area (Å²) >= 11 is 7.26. The van der Waals surface area contributed by atoms with Crippen LogP contribution in [-0.4, -0.2) is 30.7 Å². The van der Waals surface area contributed by atoms with Crippen molar-refractivity contribution in [2.24, 2.45) is 10.7 Å². The Morgan fingerprint density at radius 3 is 2.67 bits per heavy atom. The maximum absolute atomic E-state index is 5.95. The zero-order chi connectivity index (χ0) is 16.8. The van der Waals surface area contributed by atoms with E-state index in [9.17, 15) is 0 Å². The predicted octanol–water partition coefficient (Wildman–Crippen LogP) is 3.87. The molecule has 1 heterocycles. The van der Waals surface area contributed by atoms with Crippen molar-refractivity contribution in [1.29, 1.82) is 0 Å². The van der Waals surface area contributed by atoms with Gasteiger partial charge in [0.1, 0.15) is 19.0 Å². The summed E-state index contributed by atoms with van der Waals surface area (Å²) in [6.07, 6.45) is 0. The fourth-order valence-corrected chi connectivity index (χ4v) is 2.77. The molecule has 0 spiro atoms. The largest absolute Gasteiger partial charge is 0.493 e. The first-order valence-corrected chi connectivity index (χ1v) is 8.82. The van der Waals surface area contributed by atoms with Gasteiger partial charge in [-0.1, -0.05) is 23.4 Å². The van der Waals surface area contributed by atoms with E-state index in [1.165, 1.54) is 11.8 Å². The molecule has 1 aliphatic heterocycles. The minimum absolute atomic E-state index is 0.478. The Morgan fingerprint density at radius 2 is 1.88 bits per heavy atom. The molecule has 3 rings (SSSR count). The first-order chi connectivity index (χ1) is 11.7. The van der Waals surface area contributed by atoms with E-state index < -0.39 is 0 Å². The minimum atomic E-state index is 0.478. The highest BCUT2D eigenvalue weighted by molar-refractivity contribution is 8.13. The lowest BCUT2D eigenvalue weighted by Crippen LogP contribution is -2.15. The lowest BCUT2D eigenvalue weighted by molar-refractivity contribution is 0.171. The van der Waals surface area contributed by atoms with Crippen LogP contribution in [0.1, 0.15) is 0 Å². The van der Waals surface area contributed by atoms with Gasteiger partial charge in [0.05, 0.1) is 12.3 Å². The summed E-state index contributed by atoms with van der Waals surface area (Å²) in [5.74, 6) is 2.92. The molecule has 5 nitrogen and oxygen atoms in total. The lowest BCUT2D eigenvalue weighted by Gasteiger charge is -2.18. The average molecular weight is 365 g/mol. The van der Waals surface area contributed by atoms with Gasteiger partial charge < -0.3 is 19.9 Å². The highest BCUT2D eigenvalue weighted by Gasteiger charge is 2.11. The third-order valence-corrected chi connectivity index (χ3v) is 4.19. The van der Waals surface area contributed by atoms with Crippen LogP contribution in [0.15, 0.2) is 47.5 Å². The van der Waals surface area contributed by atoms with Gasteiger partial charge in [-0.25, -0.2) is 4.99 Å². The minimum Gasteiger partial charge on any atom is -0.493 e. The van der Waals surface area contributed by atoms with Crippen LogP contribution in [0.25, 0.3) is 0 Å². The van der Waals surface area contributed by atoms with Crippen molar-refractivity contribution in [3.05, 3.63) is 47.5 Å². The summed E-state index contributed by atoms with van der Waals surface area (Å²) < 4.78 is 16.6. The van der Waals surface area contributed by atoms with E-state index >= 15 is 0 Å². The maximum atomic E-state index is 5.95. The van der Waals surface area contributed by atoms with Crippen molar-refractivity contribution < 1.29 is 14.2 Å². The highest BCUT2D eigenvalue weighted by atomic mass is 35.5. The van der Waals surface area contributed by atoms with E-state index in [2.05, 4.69) is 4.99 Å². The lowest BCUT2D eigenvalue weighted by atomic mass is 10.2. The van der Waals surface area contributed by atoms with Crippen LogP contribution in [0.4, 0.5) is 5.69 Å². The zero-order valence-electron chi connectivity index (χ0n) is 12.9. The monoisotopic (exact) mass is 364 g/mol. The molecule has 0 saturated heterocycles. The summed E-state index contributed by atoms with van der Waals surface area (Å²) in [7, 11) is 0. The number of halogens is 1. The summed E-state index contributed by atoms with van der Waals surface area (Å²) in [5, 5.41) is 1.17. The fourth-order valence-electron chi connectivity index (χ4n) is 2.10. The standard InChI is InChI=1S/C17H17ClN2O3S/c18-12-1-4-14(5-2-12)21-9-10-24-17(19)20-13-3-6-15-16(11-13)23-8-7-22-15/h1-6,11H,7-10H2,(H2,19,20). The van der Waals surface area contributed by atoms with Crippen molar-refractivity contribution >= 4 is 34.2 Å². The molecular formula is C17H17ClN2O3S. The number of hydrogen-bond donors (Lipinski definition) is 1. The van der Waals surface area contributed by atoms with Gasteiger partial charge in [-0.15, -0.1) is 0 Å². The first kappa shape index (κ1) is 16.8. The Morgan fingerprint density at radius 1 is 1.12 bits per heavy atom. The van der Waals surface area contributed by atoms with E-state index in [4.69, 9.17) is 31.5 Å². The van der Waals surface area contributed by atoms with Crippen LogP contribution in [0.2, 0.25) is 5.02 Å². The molecule has 1 aliphatic rings. The fraction of sp³-hybridized carbons (Fsp3) is 0.235. The normalized spacial score (nSPS) is 13.6. The molecule has 0 unspecified atom stereocenters. The van der Waals surface area contributed by atoms with Crippen molar-refractivity contribution in [2.75, 3.05) is 25.6 Å². The van der Waals surface area contributed by atoms with Crippen LogP contribution in [0, 0.1) is 0 Å². The Balaban J connectivity index is 1.48. The smallest absolute Gasteiger partial charge is 0.163 e. The van der Waals surface area contributed by atoms with Crippen molar-refractivity contribution in [3.8, 4) is 17.2 Å². The van der Waals surface area contributed by atoms with E-state index in [0.29, 0.717) is 41.5 Å². The van der Waals surface area contributed by atoms with Crippen molar-refractivity contribution in [1.82, 2.24) is 0 Å². The number of hydrogen-bond acceptors (Lipinski definition) is 5. The number of benzene rings is 2. The first-order valence-electron chi connectivity index (χ1n) is 7.46. The van der Waals surface area contributed by atoms with Crippen molar-refractivity contribution in [3.63, 3.8) is 0 Å². The molecule has 0 bridgehead atoms. The Labute approximate surface area is 149 Å². The molecule has 0 radical (unpaired) electrons. The Hall–Kier alpha value is -2.05. The molecule has 2 aromatic carbocycles. The van der Waals surface area contributed by atoms with Crippen LogP contribution in [0.3, 0.4) is 0 Å². The number of ether oxygens (including phenoxy) is 3. The van der Waals surface area contributed by atoms with E-state index in [-0.39, 0.29) is 0 Å². The number of nitrogens with zero attached hydrogens (tertiary/aromatic N) is 1. The molecular weight excluding hydrogens is 348 g/mol. The summed E-state index contributed by atoms with van der Waals surface area (Å²) in [6.45, 7) is 1.65. The maximum Gasteiger partial charge on any atom is 0.163 e. The van der Waals surface area contributed by atoms with Gasteiger partial charge >= 0.3 is 0 Å². The molecule has 24 heavy (non-hydrogen) atoms. The van der Waals surface area contributed by atoms with Crippen molar-refractivity contribution in [2.45, 2.75) is 0 Å². The van der Waals surface area contributed by atoms with Gasteiger partial charge in [0.2, 0.25) is 0 Å². The number of nitrogens with two attached hydrogens (primary N) is 1.